The molecular formula is C11H23NO. The van der Waals surface area contributed by atoms with Gasteiger partial charge in [0.2, 0.25) is 0 Å². The molecule has 0 fully saturated rings. The lowest BCUT2D eigenvalue weighted by Crippen LogP contribution is -2.38. The van der Waals surface area contributed by atoms with Gasteiger partial charge >= 0.3 is 0 Å². The van der Waals surface area contributed by atoms with Crippen molar-refractivity contribution in [2.45, 2.75) is 39.7 Å². The fourth-order valence-electron chi connectivity index (χ4n) is 1.13. The van der Waals surface area contributed by atoms with Crippen molar-refractivity contribution in [2.75, 3.05) is 19.7 Å². The first kappa shape index (κ1) is 12.7. The summed E-state index contributed by atoms with van der Waals surface area (Å²) in [5, 5.41) is 3.36. The normalized spacial score (nSPS) is 11.7. The standard InChI is InChI=1S/C11H23NO/c1-6-13-11(4,5)9-12-8-7-10(2)3/h12H,2,6-9H2,1,3-5H3. The topological polar surface area (TPSA) is 21.3 Å². The fourth-order valence-corrected chi connectivity index (χ4v) is 1.13. The second-order valence-electron chi connectivity index (χ2n) is 4.08. The second-order valence-corrected chi connectivity index (χ2v) is 4.08. The zero-order valence-electron chi connectivity index (χ0n) is 9.44. The minimum absolute atomic E-state index is 0.0518. The smallest absolute Gasteiger partial charge is 0.0750 e. The van der Waals surface area contributed by atoms with Gasteiger partial charge in [0.15, 0.2) is 0 Å². The third-order valence-electron chi connectivity index (χ3n) is 1.81. The van der Waals surface area contributed by atoms with Crippen LogP contribution in [-0.2, 0) is 4.74 Å². The van der Waals surface area contributed by atoms with Crippen LogP contribution < -0.4 is 5.32 Å². The maximum absolute atomic E-state index is 5.55. The van der Waals surface area contributed by atoms with Gasteiger partial charge in [0.25, 0.3) is 0 Å². The van der Waals surface area contributed by atoms with Gasteiger partial charge in [-0.25, -0.2) is 0 Å². The summed E-state index contributed by atoms with van der Waals surface area (Å²) >= 11 is 0. The molecule has 0 aliphatic heterocycles. The third kappa shape index (κ3) is 8.00. The monoisotopic (exact) mass is 185 g/mol. The summed E-state index contributed by atoms with van der Waals surface area (Å²) in [7, 11) is 0. The lowest BCUT2D eigenvalue weighted by Gasteiger charge is -2.25. The van der Waals surface area contributed by atoms with Crippen molar-refractivity contribution < 1.29 is 4.74 Å². The largest absolute Gasteiger partial charge is 0.375 e. The molecule has 0 heterocycles. The van der Waals surface area contributed by atoms with Crippen molar-refractivity contribution in [2.24, 2.45) is 0 Å². The van der Waals surface area contributed by atoms with Crippen molar-refractivity contribution >= 4 is 0 Å². The number of rotatable bonds is 7. The van der Waals surface area contributed by atoms with Crippen LogP contribution in [0.5, 0.6) is 0 Å². The molecule has 0 aromatic rings. The average molecular weight is 185 g/mol. The first-order valence-electron chi connectivity index (χ1n) is 4.97. The Morgan fingerprint density at radius 3 is 2.54 bits per heavy atom. The van der Waals surface area contributed by atoms with E-state index in [9.17, 15) is 0 Å². The molecule has 2 heteroatoms. The quantitative estimate of drug-likeness (QED) is 0.485. The summed E-state index contributed by atoms with van der Waals surface area (Å²) in [6.45, 7) is 14.8. The Morgan fingerprint density at radius 2 is 2.08 bits per heavy atom. The van der Waals surface area contributed by atoms with Gasteiger partial charge < -0.3 is 10.1 Å². The Balaban J connectivity index is 3.45. The van der Waals surface area contributed by atoms with Crippen molar-refractivity contribution in [3.63, 3.8) is 0 Å². The van der Waals surface area contributed by atoms with Gasteiger partial charge in [-0.1, -0.05) is 5.57 Å². The maximum atomic E-state index is 5.55. The van der Waals surface area contributed by atoms with Crippen molar-refractivity contribution in [1.82, 2.24) is 5.32 Å². The lowest BCUT2D eigenvalue weighted by atomic mass is 10.1. The van der Waals surface area contributed by atoms with Crippen LogP contribution in [0, 0.1) is 0 Å². The molecular weight excluding hydrogens is 162 g/mol. The molecule has 0 aliphatic carbocycles. The van der Waals surface area contributed by atoms with Gasteiger partial charge in [-0.3, -0.25) is 0 Å². The van der Waals surface area contributed by atoms with Crippen molar-refractivity contribution in [3.8, 4) is 0 Å². The molecule has 2 nitrogen and oxygen atoms in total. The Kier molecular flexibility index (Phi) is 6.00. The number of hydrogen-bond donors (Lipinski definition) is 1. The summed E-state index contributed by atoms with van der Waals surface area (Å²) in [5.74, 6) is 0. The molecule has 0 radical (unpaired) electrons. The molecule has 0 saturated heterocycles. The van der Waals surface area contributed by atoms with Crippen LogP contribution in [0.3, 0.4) is 0 Å². The van der Waals surface area contributed by atoms with Crippen LogP contribution in [0.2, 0.25) is 0 Å². The maximum Gasteiger partial charge on any atom is 0.0750 e. The zero-order valence-corrected chi connectivity index (χ0v) is 9.44. The van der Waals surface area contributed by atoms with Crippen LogP contribution in [0.15, 0.2) is 12.2 Å². The Hall–Kier alpha value is -0.340. The van der Waals surface area contributed by atoms with Gasteiger partial charge in [0, 0.05) is 13.2 Å². The first-order chi connectivity index (χ1) is 5.98. The first-order valence-corrected chi connectivity index (χ1v) is 4.97. The molecule has 0 aliphatic rings. The average Bonchev–Trinajstić information content (AvgIpc) is 1.98. The highest BCUT2D eigenvalue weighted by Gasteiger charge is 2.15. The molecule has 0 spiro atoms. The second kappa shape index (κ2) is 6.17. The Labute approximate surface area is 82.4 Å². The SMILES string of the molecule is C=C(C)CCNCC(C)(C)OCC. The van der Waals surface area contributed by atoms with E-state index in [1.165, 1.54) is 5.57 Å². The van der Waals surface area contributed by atoms with Crippen LogP contribution in [0.1, 0.15) is 34.1 Å². The summed E-state index contributed by atoms with van der Waals surface area (Å²) in [4.78, 5) is 0. The lowest BCUT2D eigenvalue weighted by molar-refractivity contribution is -0.00857. The van der Waals surface area contributed by atoms with Crippen LogP contribution in [-0.4, -0.2) is 25.3 Å². The molecule has 1 N–H and O–H groups in total. The number of ether oxygens (including phenoxy) is 1. The molecule has 0 bridgehead atoms. The van der Waals surface area contributed by atoms with E-state index in [1.54, 1.807) is 0 Å². The van der Waals surface area contributed by atoms with E-state index < -0.39 is 0 Å². The van der Waals surface area contributed by atoms with E-state index >= 15 is 0 Å². The van der Waals surface area contributed by atoms with Gasteiger partial charge in [0.1, 0.15) is 0 Å². The van der Waals surface area contributed by atoms with Gasteiger partial charge in [0.05, 0.1) is 5.60 Å². The van der Waals surface area contributed by atoms with E-state index in [1.807, 2.05) is 6.92 Å². The fraction of sp³-hybridized carbons (Fsp3) is 0.818. The molecule has 0 aromatic heterocycles. The van der Waals surface area contributed by atoms with E-state index in [0.29, 0.717) is 0 Å². The zero-order chi connectivity index (χ0) is 10.3. The van der Waals surface area contributed by atoms with Gasteiger partial charge in [-0.05, 0) is 40.7 Å². The predicted octanol–water partition coefficient (Wildman–Crippen LogP) is 2.36. The minimum Gasteiger partial charge on any atom is -0.375 e. The summed E-state index contributed by atoms with van der Waals surface area (Å²) in [6, 6.07) is 0. The van der Waals surface area contributed by atoms with Crippen molar-refractivity contribution in [1.29, 1.82) is 0 Å². The molecule has 0 unspecified atom stereocenters. The van der Waals surface area contributed by atoms with E-state index in [2.05, 4.69) is 32.7 Å². The molecule has 0 amide bonds. The Bertz CT molecular complexity index is 152. The molecule has 0 rings (SSSR count). The molecule has 0 saturated carbocycles. The summed E-state index contributed by atoms with van der Waals surface area (Å²) in [5.41, 5.74) is 1.17. The van der Waals surface area contributed by atoms with Gasteiger partial charge in [-0.15, -0.1) is 6.58 Å². The van der Waals surface area contributed by atoms with E-state index in [4.69, 9.17) is 4.74 Å². The third-order valence-corrected chi connectivity index (χ3v) is 1.81. The van der Waals surface area contributed by atoms with E-state index in [-0.39, 0.29) is 5.60 Å². The van der Waals surface area contributed by atoms with Crippen LogP contribution >= 0.6 is 0 Å². The molecule has 78 valence electrons. The number of nitrogens with one attached hydrogen (secondary N) is 1. The van der Waals surface area contributed by atoms with Gasteiger partial charge in [-0.2, -0.15) is 0 Å². The highest BCUT2D eigenvalue weighted by atomic mass is 16.5. The number of hydrogen-bond acceptors (Lipinski definition) is 2. The highest BCUT2D eigenvalue weighted by Crippen LogP contribution is 2.06. The van der Waals surface area contributed by atoms with Crippen LogP contribution in [0.25, 0.3) is 0 Å². The van der Waals surface area contributed by atoms with Crippen molar-refractivity contribution in [3.05, 3.63) is 12.2 Å². The predicted molar refractivity (Wildman–Crippen MR) is 58.0 cm³/mol. The molecule has 13 heavy (non-hydrogen) atoms. The molecule has 0 aromatic carbocycles. The van der Waals surface area contributed by atoms with E-state index in [0.717, 1.165) is 26.1 Å². The summed E-state index contributed by atoms with van der Waals surface area (Å²) in [6.07, 6.45) is 1.04. The summed E-state index contributed by atoms with van der Waals surface area (Å²) < 4.78 is 5.55. The minimum atomic E-state index is -0.0518. The van der Waals surface area contributed by atoms with Crippen LogP contribution in [0.4, 0.5) is 0 Å². The molecule has 0 atom stereocenters. The Morgan fingerprint density at radius 1 is 1.46 bits per heavy atom. The highest BCUT2D eigenvalue weighted by molar-refractivity contribution is 4.88.